The van der Waals surface area contributed by atoms with Crippen molar-refractivity contribution in [1.29, 1.82) is 0 Å². The zero-order chi connectivity index (χ0) is 12.6. The minimum Gasteiger partial charge on any atom is -0.357 e. The van der Waals surface area contributed by atoms with E-state index in [-0.39, 0.29) is 5.91 Å². The van der Waals surface area contributed by atoms with Gasteiger partial charge in [0, 0.05) is 7.05 Å². The minimum absolute atomic E-state index is 0.109. The highest BCUT2D eigenvalue weighted by Crippen LogP contribution is 2.26. The van der Waals surface area contributed by atoms with Crippen LogP contribution in [0.15, 0.2) is 18.2 Å². The van der Waals surface area contributed by atoms with Crippen molar-refractivity contribution in [1.82, 2.24) is 14.9 Å². The first-order valence-electron chi connectivity index (χ1n) is 5.16. The molecule has 0 radical (unpaired) electrons. The summed E-state index contributed by atoms with van der Waals surface area (Å²) in [5, 5.41) is 3.18. The lowest BCUT2D eigenvalue weighted by molar-refractivity contribution is -0.123. The van der Waals surface area contributed by atoms with Crippen molar-refractivity contribution >= 4 is 40.8 Å². The van der Waals surface area contributed by atoms with Crippen molar-refractivity contribution in [3.8, 4) is 0 Å². The molecule has 1 amide bonds. The van der Waals surface area contributed by atoms with E-state index in [0.717, 1.165) is 11.0 Å². The molecule has 0 spiro atoms. The molecule has 6 heteroatoms. The number of halogens is 1. The molecular weight excluding hydrogens is 258 g/mol. The molecule has 2 rings (SSSR count). The molecule has 17 heavy (non-hydrogen) atoms. The van der Waals surface area contributed by atoms with Crippen molar-refractivity contribution < 1.29 is 4.79 Å². The van der Waals surface area contributed by atoms with Crippen LogP contribution in [0.2, 0.25) is 5.02 Å². The summed E-state index contributed by atoms with van der Waals surface area (Å²) in [6.45, 7) is 1.78. The van der Waals surface area contributed by atoms with E-state index >= 15 is 0 Å². The van der Waals surface area contributed by atoms with Gasteiger partial charge in [-0.25, -0.2) is 0 Å². The van der Waals surface area contributed by atoms with Crippen molar-refractivity contribution in [3.05, 3.63) is 28.0 Å². The molecule has 0 bridgehead atoms. The number of aromatic nitrogens is 2. The predicted molar refractivity (Wildman–Crippen MR) is 70.9 cm³/mol. The molecule has 2 N–H and O–H groups in total. The molecule has 2 aromatic rings. The lowest BCUT2D eigenvalue weighted by atomic mass is 10.2. The molecule has 0 aliphatic carbocycles. The van der Waals surface area contributed by atoms with Crippen LogP contribution in [0.25, 0.3) is 11.0 Å². The van der Waals surface area contributed by atoms with Gasteiger partial charge >= 0.3 is 0 Å². The van der Waals surface area contributed by atoms with Crippen molar-refractivity contribution in [2.24, 2.45) is 0 Å². The summed E-state index contributed by atoms with van der Waals surface area (Å²) in [4.78, 5) is 14.7. The average molecular weight is 270 g/mol. The van der Waals surface area contributed by atoms with E-state index in [2.05, 4.69) is 10.3 Å². The molecule has 0 aliphatic rings. The second-order valence-corrected chi connectivity index (χ2v) is 4.52. The third-order valence-electron chi connectivity index (χ3n) is 2.70. The number of hydrogen-bond acceptors (Lipinski definition) is 2. The van der Waals surface area contributed by atoms with Gasteiger partial charge in [-0.3, -0.25) is 4.79 Å². The molecule has 1 aromatic heterocycles. The summed E-state index contributed by atoms with van der Waals surface area (Å²) in [6, 6.07) is 5.09. The SMILES string of the molecule is CNC(=O)C(C)n1c(=S)[nH]c2cccc(Cl)c21. The number of hydrogen-bond donors (Lipinski definition) is 2. The van der Waals surface area contributed by atoms with Gasteiger partial charge in [-0.15, -0.1) is 0 Å². The Balaban J connectivity index is 2.72. The Hall–Kier alpha value is -1.33. The van der Waals surface area contributed by atoms with Gasteiger partial charge in [-0.1, -0.05) is 17.7 Å². The Morgan fingerprint density at radius 3 is 2.94 bits per heavy atom. The largest absolute Gasteiger partial charge is 0.357 e. The Morgan fingerprint density at radius 2 is 2.29 bits per heavy atom. The van der Waals surface area contributed by atoms with Gasteiger partial charge in [-0.05, 0) is 31.3 Å². The van der Waals surface area contributed by atoms with Gasteiger partial charge in [0.25, 0.3) is 0 Å². The second-order valence-electron chi connectivity index (χ2n) is 3.73. The monoisotopic (exact) mass is 269 g/mol. The van der Waals surface area contributed by atoms with Gasteiger partial charge in [0.1, 0.15) is 6.04 Å². The molecule has 1 atom stereocenters. The van der Waals surface area contributed by atoms with E-state index in [0.29, 0.717) is 9.79 Å². The Labute approximate surface area is 109 Å². The standard InChI is InChI=1S/C11H12ClN3OS/c1-6(10(16)13-2)15-9-7(12)4-3-5-8(9)14-11(15)17/h3-6H,1-2H3,(H,13,16)(H,14,17). The van der Waals surface area contributed by atoms with Crippen LogP contribution in [0.5, 0.6) is 0 Å². The quantitative estimate of drug-likeness (QED) is 0.824. The van der Waals surface area contributed by atoms with Crippen LogP contribution in [-0.2, 0) is 4.79 Å². The van der Waals surface area contributed by atoms with Crippen LogP contribution in [0.4, 0.5) is 0 Å². The number of benzene rings is 1. The number of rotatable bonds is 2. The van der Waals surface area contributed by atoms with Gasteiger partial charge in [-0.2, -0.15) is 0 Å². The molecule has 1 unspecified atom stereocenters. The van der Waals surface area contributed by atoms with Gasteiger partial charge in [0.05, 0.1) is 16.1 Å². The maximum atomic E-state index is 11.7. The maximum absolute atomic E-state index is 11.7. The summed E-state index contributed by atoms with van der Waals surface area (Å²) < 4.78 is 2.22. The van der Waals surface area contributed by atoms with Crippen molar-refractivity contribution in [2.75, 3.05) is 7.05 Å². The van der Waals surface area contributed by atoms with Crippen LogP contribution in [0.1, 0.15) is 13.0 Å². The smallest absolute Gasteiger partial charge is 0.242 e. The number of likely N-dealkylation sites (N-methyl/N-ethyl adjacent to an activating group) is 1. The Kier molecular flexibility index (Phi) is 3.22. The van der Waals surface area contributed by atoms with E-state index in [4.69, 9.17) is 23.8 Å². The fourth-order valence-corrected chi connectivity index (χ4v) is 2.46. The number of aromatic amines is 1. The van der Waals surface area contributed by atoms with Gasteiger partial charge < -0.3 is 14.9 Å². The summed E-state index contributed by atoms with van der Waals surface area (Å²) >= 11 is 11.4. The van der Waals surface area contributed by atoms with Crippen LogP contribution in [-0.4, -0.2) is 22.5 Å². The number of nitrogens with zero attached hydrogens (tertiary/aromatic N) is 1. The first kappa shape index (κ1) is 12.1. The van der Waals surface area contributed by atoms with Crippen LogP contribution in [0, 0.1) is 4.77 Å². The topological polar surface area (TPSA) is 49.8 Å². The molecule has 1 heterocycles. The summed E-state index contributed by atoms with van der Waals surface area (Å²) in [6.07, 6.45) is 0. The fourth-order valence-electron chi connectivity index (χ4n) is 1.83. The minimum atomic E-state index is -0.402. The maximum Gasteiger partial charge on any atom is 0.242 e. The number of imidazole rings is 1. The molecule has 0 fully saturated rings. The summed E-state index contributed by atoms with van der Waals surface area (Å²) in [5.41, 5.74) is 1.59. The lowest BCUT2D eigenvalue weighted by Crippen LogP contribution is -2.27. The molecule has 0 saturated heterocycles. The van der Waals surface area contributed by atoms with Crippen LogP contribution in [0.3, 0.4) is 0 Å². The lowest BCUT2D eigenvalue weighted by Gasteiger charge is -2.13. The van der Waals surface area contributed by atoms with Crippen molar-refractivity contribution in [3.63, 3.8) is 0 Å². The van der Waals surface area contributed by atoms with Crippen LogP contribution < -0.4 is 5.32 Å². The number of para-hydroxylation sites is 1. The van der Waals surface area contributed by atoms with Gasteiger partial charge in [0.2, 0.25) is 5.91 Å². The number of carbonyl (C=O) groups excluding carboxylic acids is 1. The van der Waals surface area contributed by atoms with E-state index in [1.54, 1.807) is 24.6 Å². The first-order valence-corrected chi connectivity index (χ1v) is 5.95. The summed E-state index contributed by atoms with van der Waals surface area (Å²) in [5.74, 6) is -0.109. The summed E-state index contributed by atoms with van der Waals surface area (Å²) in [7, 11) is 1.60. The average Bonchev–Trinajstić information content (AvgIpc) is 2.65. The Bertz CT molecular complexity index is 631. The van der Waals surface area contributed by atoms with Gasteiger partial charge in [0.15, 0.2) is 4.77 Å². The third kappa shape index (κ3) is 1.96. The third-order valence-corrected chi connectivity index (χ3v) is 3.30. The van der Waals surface area contributed by atoms with E-state index in [1.807, 2.05) is 12.1 Å². The molecule has 90 valence electrons. The number of amides is 1. The molecule has 0 saturated carbocycles. The highest BCUT2D eigenvalue weighted by molar-refractivity contribution is 7.71. The zero-order valence-electron chi connectivity index (χ0n) is 9.45. The van der Waals surface area contributed by atoms with E-state index in [1.165, 1.54) is 0 Å². The molecule has 0 aliphatic heterocycles. The predicted octanol–water partition coefficient (Wildman–Crippen LogP) is 2.66. The van der Waals surface area contributed by atoms with E-state index in [9.17, 15) is 4.79 Å². The number of H-pyrrole nitrogens is 1. The highest BCUT2D eigenvalue weighted by atomic mass is 35.5. The molecule has 4 nitrogen and oxygen atoms in total. The van der Waals surface area contributed by atoms with E-state index < -0.39 is 6.04 Å². The first-order chi connectivity index (χ1) is 8.06. The zero-order valence-corrected chi connectivity index (χ0v) is 11.0. The fraction of sp³-hybridized carbons (Fsp3) is 0.273. The second kappa shape index (κ2) is 4.50. The molecule has 1 aromatic carbocycles. The van der Waals surface area contributed by atoms with Crippen LogP contribution >= 0.6 is 23.8 Å². The highest BCUT2D eigenvalue weighted by Gasteiger charge is 2.18. The number of fused-ring (bicyclic) bond motifs is 1. The van der Waals surface area contributed by atoms with Crippen molar-refractivity contribution in [2.45, 2.75) is 13.0 Å². The number of carbonyl (C=O) groups is 1. The normalized spacial score (nSPS) is 12.6. The number of nitrogens with one attached hydrogen (secondary N) is 2. The molecular formula is C11H12ClN3OS. The Morgan fingerprint density at radius 1 is 1.59 bits per heavy atom.